The maximum Gasteiger partial charge on any atom is 0.294 e. The lowest BCUT2D eigenvalue weighted by atomic mass is 9.76. The predicted molar refractivity (Wildman–Crippen MR) is 128 cm³/mol. The molecule has 2 fully saturated rings. The third-order valence-corrected chi connectivity index (χ3v) is 7.91. The topological polar surface area (TPSA) is 74.3 Å². The quantitative estimate of drug-likeness (QED) is 0.504. The Kier molecular flexibility index (Phi) is 5.62. The Bertz CT molecular complexity index is 1120. The monoisotopic (exact) mass is 462 g/mol. The summed E-state index contributed by atoms with van der Waals surface area (Å²) in [5, 5.41) is 2.04. The molecule has 2 aromatic rings. The van der Waals surface area contributed by atoms with Crippen molar-refractivity contribution >= 4 is 35.2 Å². The van der Waals surface area contributed by atoms with E-state index in [4.69, 9.17) is 0 Å². The molecule has 7 heteroatoms. The molecule has 3 aliphatic heterocycles. The van der Waals surface area contributed by atoms with Gasteiger partial charge < -0.3 is 10.2 Å². The molecule has 3 heterocycles. The Morgan fingerprint density at radius 3 is 2.48 bits per heavy atom. The minimum absolute atomic E-state index is 0.118. The fourth-order valence-corrected chi connectivity index (χ4v) is 6.43. The summed E-state index contributed by atoms with van der Waals surface area (Å²) in [6, 6.07) is 17.1. The van der Waals surface area contributed by atoms with Crippen molar-refractivity contribution in [1.82, 2.24) is 4.90 Å². The van der Waals surface area contributed by atoms with Gasteiger partial charge in [0, 0.05) is 18.5 Å². The highest BCUT2D eigenvalue weighted by Crippen LogP contribution is 2.51. The predicted octanol–water partition coefficient (Wildman–Crippen LogP) is 1.91. The van der Waals surface area contributed by atoms with Crippen LogP contribution in [0.25, 0.3) is 0 Å². The first-order chi connectivity index (χ1) is 16.0. The second-order valence-electron chi connectivity index (χ2n) is 8.95. The molecule has 4 atom stereocenters. The fourth-order valence-electron chi connectivity index (χ4n) is 5.92. The Morgan fingerprint density at radius 1 is 1.03 bits per heavy atom. The first-order valence-corrected chi connectivity index (χ1v) is 12.7. The Hall–Kier alpha value is -2.90. The van der Waals surface area contributed by atoms with Crippen molar-refractivity contribution in [2.75, 3.05) is 23.5 Å². The number of nitrogens with zero attached hydrogens (tertiary/aromatic N) is 2. The molecular formula is C26H28N3O3S+. The minimum Gasteiger partial charge on any atom is -0.326 e. The lowest BCUT2D eigenvalue weighted by Crippen LogP contribution is -2.99. The Morgan fingerprint density at radius 2 is 1.76 bits per heavy atom. The number of likely N-dealkylation sites (tertiary alicyclic amines) is 1. The second-order valence-corrected chi connectivity index (χ2v) is 9.94. The van der Waals surface area contributed by atoms with E-state index in [1.54, 1.807) is 22.7 Å². The average molecular weight is 463 g/mol. The highest BCUT2D eigenvalue weighted by molar-refractivity contribution is 7.98. The molecule has 1 spiro atoms. The summed E-state index contributed by atoms with van der Waals surface area (Å²) in [6.45, 7) is 4.43. The molecule has 170 valence electrons. The summed E-state index contributed by atoms with van der Waals surface area (Å²) < 4.78 is 0. The zero-order chi connectivity index (χ0) is 23.2. The SMILES string of the molecule is C=CCN1C(=O)[C@]2([NH2+][C@@H](CCSC)[C@H]3C(=O)N(Cc4ccccc4)C(=O)[C@H]32)c2ccccc21. The number of amides is 3. The minimum atomic E-state index is -1.11. The first kappa shape index (κ1) is 21.9. The van der Waals surface area contributed by atoms with Crippen LogP contribution in [-0.2, 0) is 26.5 Å². The number of nitrogens with two attached hydrogens (primary N) is 1. The molecule has 0 radical (unpaired) electrons. The van der Waals surface area contributed by atoms with Gasteiger partial charge in [-0.15, -0.1) is 6.58 Å². The number of anilines is 1. The molecule has 2 N–H and O–H groups in total. The molecule has 33 heavy (non-hydrogen) atoms. The Balaban J connectivity index is 1.61. The van der Waals surface area contributed by atoms with Gasteiger partial charge in [0.2, 0.25) is 17.4 Å². The lowest BCUT2D eigenvalue weighted by Gasteiger charge is -2.27. The van der Waals surface area contributed by atoms with E-state index in [0.717, 1.165) is 29.0 Å². The van der Waals surface area contributed by atoms with Gasteiger partial charge in [-0.2, -0.15) is 11.8 Å². The highest BCUT2D eigenvalue weighted by atomic mass is 32.2. The van der Waals surface area contributed by atoms with E-state index >= 15 is 0 Å². The van der Waals surface area contributed by atoms with E-state index in [0.29, 0.717) is 6.54 Å². The fraction of sp³-hybridized carbons (Fsp3) is 0.346. The van der Waals surface area contributed by atoms with E-state index in [1.807, 2.05) is 66.2 Å². The van der Waals surface area contributed by atoms with Crippen molar-refractivity contribution in [2.24, 2.45) is 11.8 Å². The molecule has 2 saturated heterocycles. The number of hydrogen-bond acceptors (Lipinski definition) is 4. The number of benzene rings is 2. The number of rotatable bonds is 7. The van der Waals surface area contributed by atoms with Crippen LogP contribution in [0.1, 0.15) is 17.5 Å². The van der Waals surface area contributed by atoms with Crippen LogP contribution in [-0.4, -0.2) is 47.2 Å². The summed E-state index contributed by atoms with van der Waals surface area (Å²) in [5.74, 6) is -0.848. The van der Waals surface area contributed by atoms with Gasteiger partial charge in [-0.1, -0.05) is 54.6 Å². The maximum atomic E-state index is 14.0. The van der Waals surface area contributed by atoms with E-state index in [1.165, 1.54) is 4.90 Å². The number of carbonyl (C=O) groups excluding carboxylic acids is 3. The first-order valence-electron chi connectivity index (χ1n) is 11.3. The largest absolute Gasteiger partial charge is 0.326 e. The van der Waals surface area contributed by atoms with Crippen LogP contribution in [0.4, 0.5) is 5.69 Å². The van der Waals surface area contributed by atoms with Gasteiger partial charge >= 0.3 is 0 Å². The van der Waals surface area contributed by atoms with Crippen LogP contribution < -0.4 is 10.2 Å². The summed E-state index contributed by atoms with van der Waals surface area (Å²) in [4.78, 5) is 44.7. The van der Waals surface area contributed by atoms with Gasteiger partial charge in [0.15, 0.2) is 0 Å². The van der Waals surface area contributed by atoms with Crippen LogP contribution >= 0.6 is 11.8 Å². The van der Waals surface area contributed by atoms with Gasteiger partial charge in [0.05, 0.1) is 12.2 Å². The lowest BCUT2D eigenvalue weighted by molar-refractivity contribution is -0.733. The summed E-state index contributed by atoms with van der Waals surface area (Å²) in [5.41, 5.74) is 1.45. The van der Waals surface area contributed by atoms with Gasteiger partial charge in [-0.25, -0.2) is 0 Å². The third-order valence-electron chi connectivity index (χ3n) is 7.26. The van der Waals surface area contributed by atoms with Crippen LogP contribution in [0, 0.1) is 11.8 Å². The van der Waals surface area contributed by atoms with Crippen LogP contribution in [0.2, 0.25) is 0 Å². The second kappa shape index (κ2) is 8.47. The smallest absolute Gasteiger partial charge is 0.294 e. The summed E-state index contributed by atoms with van der Waals surface area (Å²) in [7, 11) is 0. The zero-order valence-electron chi connectivity index (χ0n) is 18.6. The zero-order valence-corrected chi connectivity index (χ0v) is 19.5. The molecule has 3 aliphatic rings. The molecule has 6 nitrogen and oxygen atoms in total. The standard InChI is InChI=1S/C26H27N3O3S/c1-3-14-28-20-12-8-7-11-18(20)26(25(28)32)22-21(19(27-26)13-15-33-2)23(30)29(24(22)31)16-17-9-5-4-6-10-17/h3-12,19,21-22,27H,1,13-16H2,2H3/p+1/t19-,21+,22-,26-/m0/s1. The van der Waals surface area contributed by atoms with Crippen molar-refractivity contribution in [1.29, 1.82) is 0 Å². The third kappa shape index (κ3) is 3.17. The van der Waals surface area contributed by atoms with Crippen molar-refractivity contribution in [3.05, 3.63) is 78.4 Å². The van der Waals surface area contributed by atoms with Gasteiger partial charge in [0.25, 0.3) is 5.91 Å². The van der Waals surface area contributed by atoms with E-state index in [9.17, 15) is 14.4 Å². The average Bonchev–Trinajstić information content (AvgIpc) is 3.39. The molecule has 0 aromatic heterocycles. The highest BCUT2D eigenvalue weighted by Gasteiger charge is 2.75. The van der Waals surface area contributed by atoms with Crippen molar-refractivity contribution in [3.8, 4) is 0 Å². The molecule has 5 rings (SSSR count). The van der Waals surface area contributed by atoms with E-state index in [2.05, 4.69) is 6.58 Å². The van der Waals surface area contributed by atoms with Gasteiger partial charge in [-0.3, -0.25) is 19.3 Å². The number of hydrogen-bond donors (Lipinski definition) is 1. The molecular weight excluding hydrogens is 434 g/mol. The maximum absolute atomic E-state index is 14.0. The normalized spacial score (nSPS) is 28.0. The number of thioether (sulfide) groups is 1. The number of imide groups is 1. The molecule has 2 aromatic carbocycles. The van der Waals surface area contributed by atoms with Crippen molar-refractivity contribution < 1.29 is 19.7 Å². The number of para-hydroxylation sites is 1. The van der Waals surface area contributed by atoms with Gasteiger partial charge in [0.1, 0.15) is 17.9 Å². The molecule has 0 bridgehead atoms. The molecule has 0 saturated carbocycles. The number of fused-ring (bicyclic) bond motifs is 4. The summed E-state index contributed by atoms with van der Waals surface area (Å²) >= 11 is 1.72. The summed E-state index contributed by atoms with van der Waals surface area (Å²) in [6.07, 6.45) is 4.50. The van der Waals surface area contributed by atoms with E-state index in [-0.39, 0.29) is 30.3 Å². The van der Waals surface area contributed by atoms with Crippen molar-refractivity contribution in [2.45, 2.75) is 24.5 Å². The molecule has 0 aliphatic carbocycles. The number of carbonyl (C=O) groups is 3. The molecule has 3 amide bonds. The van der Waals surface area contributed by atoms with Crippen LogP contribution in [0.15, 0.2) is 67.3 Å². The Labute approximate surface area is 198 Å². The van der Waals surface area contributed by atoms with E-state index < -0.39 is 17.4 Å². The molecule has 0 unspecified atom stereocenters. The number of quaternary nitrogens is 1. The van der Waals surface area contributed by atoms with Crippen molar-refractivity contribution in [3.63, 3.8) is 0 Å². The van der Waals surface area contributed by atoms with Crippen LogP contribution in [0.5, 0.6) is 0 Å². The van der Waals surface area contributed by atoms with Gasteiger partial charge in [-0.05, 0) is 23.6 Å². The van der Waals surface area contributed by atoms with Crippen LogP contribution in [0.3, 0.4) is 0 Å².